The second kappa shape index (κ2) is 12.3. The summed E-state index contributed by atoms with van der Waals surface area (Å²) in [6.07, 6.45) is 2.30. The summed E-state index contributed by atoms with van der Waals surface area (Å²) in [7, 11) is 0. The Hall–Kier alpha value is -1.99. The second-order valence-electron chi connectivity index (χ2n) is 8.08. The molecule has 0 aliphatic rings. The van der Waals surface area contributed by atoms with Gasteiger partial charge in [0.1, 0.15) is 0 Å². The zero-order valence-electron chi connectivity index (χ0n) is 18.8. The molecular weight excluding hydrogens is 465 g/mol. The number of halogens is 2. The highest BCUT2D eigenvalue weighted by Gasteiger charge is 2.20. The van der Waals surface area contributed by atoms with Crippen LogP contribution in [-0.2, 0) is 25.8 Å². The van der Waals surface area contributed by atoms with Gasteiger partial charge < -0.3 is 10.8 Å². The molecule has 0 saturated heterocycles. The van der Waals surface area contributed by atoms with Crippen molar-refractivity contribution in [1.29, 1.82) is 0 Å². The Bertz CT molecular complexity index is 1050. The van der Waals surface area contributed by atoms with Crippen LogP contribution < -0.4 is 5.73 Å². The van der Waals surface area contributed by atoms with E-state index in [1.165, 1.54) is 28.0 Å². The van der Waals surface area contributed by atoms with Crippen LogP contribution in [0.15, 0.2) is 29.6 Å². The quantitative estimate of drug-likeness (QED) is 0.411. The number of aryl methyl sites for hydroxylation is 3. The van der Waals surface area contributed by atoms with Crippen molar-refractivity contribution >= 4 is 42.1 Å². The number of hydrogen-bond donors (Lipinski definition) is 2. The highest BCUT2D eigenvalue weighted by Crippen LogP contribution is 2.33. The molecule has 0 spiro atoms. The molecule has 0 unspecified atom stereocenters. The van der Waals surface area contributed by atoms with Gasteiger partial charge >= 0.3 is 5.97 Å². The Kier molecular flexibility index (Phi) is 10.8. The first-order valence-electron chi connectivity index (χ1n) is 10.3. The van der Waals surface area contributed by atoms with Crippen molar-refractivity contribution in [2.75, 3.05) is 0 Å². The van der Waals surface area contributed by atoms with Gasteiger partial charge in [0.2, 0.25) is 0 Å². The molecule has 174 valence electrons. The Balaban J connectivity index is 0.00000256. The predicted octanol–water partition coefficient (Wildman–Crippen LogP) is 5.81. The van der Waals surface area contributed by atoms with Crippen molar-refractivity contribution in [2.45, 2.75) is 53.5 Å². The van der Waals surface area contributed by atoms with Gasteiger partial charge in [0, 0.05) is 29.7 Å². The van der Waals surface area contributed by atoms with Crippen molar-refractivity contribution < 1.29 is 9.90 Å². The minimum Gasteiger partial charge on any atom is -0.476 e. The number of benzene rings is 1. The number of carboxylic acid groups (broad SMARTS) is 1. The maximum Gasteiger partial charge on any atom is 0.355 e. The molecule has 8 heteroatoms. The van der Waals surface area contributed by atoms with Crippen LogP contribution in [0.25, 0.3) is 11.1 Å². The predicted molar refractivity (Wildman–Crippen MR) is 137 cm³/mol. The van der Waals surface area contributed by atoms with Gasteiger partial charge in [0.25, 0.3) is 0 Å². The Labute approximate surface area is 206 Å². The number of rotatable bonds is 8. The molecular formula is C24H31Cl2N3O2S. The highest BCUT2D eigenvalue weighted by atomic mass is 35.5. The number of nitrogens with zero attached hydrogens (tertiary/aromatic N) is 2. The molecule has 0 saturated carbocycles. The summed E-state index contributed by atoms with van der Waals surface area (Å²) in [6.45, 7) is 8.96. The average Bonchev–Trinajstić information content (AvgIpc) is 3.16. The van der Waals surface area contributed by atoms with Gasteiger partial charge in [-0.15, -0.1) is 36.2 Å². The summed E-state index contributed by atoms with van der Waals surface area (Å²) in [5.74, 6) is -0.497. The van der Waals surface area contributed by atoms with Crippen LogP contribution >= 0.6 is 36.2 Å². The number of carboxylic acids is 1. The van der Waals surface area contributed by atoms with Crippen LogP contribution in [0.1, 0.15) is 57.4 Å². The molecule has 3 rings (SSSR count). The average molecular weight is 497 g/mol. The number of nitrogens with two attached hydrogens (primary N) is 1. The highest BCUT2D eigenvalue weighted by molar-refractivity contribution is 7.09. The van der Waals surface area contributed by atoms with Crippen molar-refractivity contribution in [1.82, 2.24) is 9.97 Å². The van der Waals surface area contributed by atoms with Gasteiger partial charge in [-0.2, -0.15) is 0 Å². The first kappa shape index (κ1) is 28.0. The first-order chi connectivity index (χ1) is 14.3. The maximum atomic E-state index is 11.1. The number of pyridine rings is 1. The van der Waals surface area contributed by atoms with E-state index in [-0.39, 0.29) is 30.5 Å². The SMILES string of the molecule is Cc1ccc(-c2c(CCc3nc(C(=O)O)cs3)c(C)nc(CC(C)C)c2CN)cc1.Cl.Cl. The van der Waals surface area contributed by atoms with E-state index in [0.717, 1.165) is 40.4 Å². The molecule has 0 amide bonds. The van der Waals surface area contributed by atoms with Crippen LogP contribution in [0.2, 0.25) is 0 Å². The molecule has 2 aromatic heterocycles. The largest absolute Gasteiger partial charge is 0.476 e. The zero-order chi connectivity index (χ0) is 21.8. The van der Waals surface area contributed by atoms with Crippen molar-refractivity contribution in [3.05, 3.63) is 68.4 Å². The van der Waals surface area contributed by atoms with Gasteiger partial charge in [-0.05, 0) is 54.9 Å². The maximum absolute atomic E-state index is 11.1. The van der Waals surface area contributed by atoms with Gasteiger partial charge in [-0.3, -0.25) is 4.98 Å². The molecule has 3 N–H and O–H groups in total. The molecule has 32 heavy (non-hydrogen) atoms. The zero-order valence-corrected chi connectivity index (χ0v) is 21.3. The Morgan fingerprint density at radius 3 is 2.25 bits per heavy atom. The fraction of sp³-hybridized carbons (Fsp3) is 0.375. The van der Waals surface area contributed by atoms with Gasteiger partial charge in [-0.25, -0.2) is 9.78 Å². The first-order valence-corrected chi connectivity index (χ1v) is 11.1. The molecule has 1 aromatic carbocycles. The number of aromatic carboxylic acids is 1. The molecule has 0 aliphatic carbocycles. The fourth-order valence-corrected chi connectivity index (χ4v) is 4.52. The minimum atomic E-state index is -0.987. The molecule has 0 atom stereocenters. The molecule has 2 heterocycles. The topological polar surface area (TPSA) is 89.1 Å². The summed E-state index contributed by atoms with van der Waals surface area (Å²) in [4.78, 5) is 20.3. The van der Waals surface area contributed by atoms with E-state index in [9.17, 15) is 4.79 Å². The van der Waals surface area contributed by atoms with Crippen LogP contribution in [-0.4, -0.2) is 21.0 Å². The van der Waals surface area contributed by atoms with Crippen LogP contribution in [0.5, 0.6) is 0 Å². The van der Waals surface area contributed by atoms with E-state index in [1.807, 2.05) is 0 Å². The van der Waals surface area contributed by atoms with E-state index in [4.69, 9.17) is 15.8 Å². The van der Waals surface area contributed by atoms with Crippen LogP contribution in [0.3, 0.4) is 0 Å². The molecule has 0 radical (unpaired) electrons. The fourth-order valence-electron chi connectivity index (χ4n) is 3.75. The van der Waals surface area contributed by atoms with Gasteiger partial charge in [-0.1, -0.05) is 43.7 Å². The van der Waals surface area contributed by atoms with Crippen molar-refractivity contribution in [2.24, 2.45) is 11.7 Å². The third kappa shape index (κ3) is 6.51. The lowest BCUT2D eigenvalue weighted by Crippen LogP contribution is -2.13. The summed E-state index contributed by atoms with van der Waals surface area (Å²) >= 11 is 1.39. The lowest BCUT2D eigenvalue weighted by atomic mass is 9.88. The van der Waals surface area contributed by atoms with Crippen LogP contribution in [0, 0.1) is 19.8 Å². The summed E-state index contributed by atoms with van der Waals surface area (Å²) < 4.78 is 0. The number of thiazole rings is 1. The van der Waals surface area contributed by atoms with E-state index >= 15 is 0 Å². The van der Waals surface area contributed by atoms with E-state index in [1.54, 1.807) is 5.38 Å². The minimum absolute atomic E-state index is 0. The second-order valence-corrected chi connectivity index (χ2v) is 9.02. The molecule has 0 bridgehead atoms. The Morgan fingerprint density at radius 2 is 1.72 bits per heavy atom. The smallest absolute Gasteiger partial charge is 0.355 e. The lowest BCUT2D eigenvalue weighted by Gasteiger charge is -2.21. The summed E-state index contributed by atoms with van der Waals surface area (Å²) in [6, 6.07) is 8.55. The number of carbonyl (C=O) groups is 1. The number of aromatic nitrogens is 2. The summed E-state index contributed by atoms with van der Waals surface area (Å²) in [5.41, 5.74) is 14.3. The standard InChI is InChI=1S/C24H29N3O2S.2ClH/c1-14(2)11-20-19(12-25)23(17-7-5-15(3)6-8-17)18(16(4)26-20)9-10-22-27-21(13-30-22)24(28)29;;/h5-8,13-14H,9-12,25H2,1-4H3,(H,28,29);2*1H. The summed E-state index contributed by atoms with van der Waals surface area (Å²) in [5, 5.41) is 11.6. The van der Waals surface area contributed by atoms with Gasteiger partial charge in [0.15, 0.2) is 5.69 Å². The third-order valence-corrected chi connectivity index (χ3v) is 6.11. The van der Waals surface area contributed by atoms with E-state index < -0.39 is 5.97 Å². The van der Waals surface area contributed by atoms with Crippen molar-refractivity contribution in [3.63, 3.8) is 0 Å². The molecule has 5 nitrogen and oxygen atoms in total. The van der Waals surface area contributed by atoms with Crippen LogP contribution in [0.4, 0.5) is 0 Å². The molecule has 3 aromatic rings. The molecule has 0 fully saturated rings. The monoisotopic (exact) mass is 495 g/mol. The van der Waals surface area contributed by atoms with Crippen molar-refractivity contribution in [3.8, 4) is 11.1 Å². The molecule has 0 aliphatic heterocycles. The van der Waals surface area contributed by atoms with E-state index in [0.29, 0.717) is 18.9 Å². The van der Waals surface area contributed by atoms with E-state index in [2.05, 4.69) is 56.9 Å². The Morgan fingerprint density at radius 1 is 1.06 bits per heavy atom. The van der Waals surface area contributed by atoms with Gasteiger partial charge in [0.05, 0.1) is 5.01 Å². The number of hydrogen-bond acceptors (Lipinski definition) is 5. The lowest BCUT2D eigenvalue weighted by molar-refractivity contribution is 0.0691. The third-order valence-electron chi connectivity index (χ3n) is 5.20. The normalized spacial score (nSPS) is 10.6.